The molecule has 9 heteroatoms. The summed E-state index contributed by atoms with van der Waals surface area (Å²) in [5.41, 5.74) is 1.59. The van der Waals surface area contributed by atoms with Gasteiger partial charge >= 0.3 is 0 Å². The fourth-order valence-electron chi connectivity index (χ4n) is 2.47. The van der Waals surface area contributed by atoms with Crippen LogP contribution in [0.25, 0.3) is 11.4 Å². The van der Waals surface area contributed by atoms with Gasteiger partial charge in [-0.3, -0.25) is 4.79 Å². The Labute approximate surface area is 170 Å². The van der Waals surface area contributed by atoms with Crippen LogP contribution >= 0.6 is 34.7 Å². The molecule has 0 aliphatic rings. The van der Waals surface area contributed by atoms with E-state index in [2.05, 4.69) is 33.9 Å². The minimum absolute atomic E-state index is 0.172. The fourth-order valence-corrected chi connectivity index (χ4v) is 4.17. The Hall–Kier alpha value is -2.03. The van der Waals surface area contributed by atoms with E-state index in [1.807, 2.05) is 11.6 Å². The van der Waals surface area contributed by atoms with E-state index in [1.54, 1.807) is 36.6 Å². The number of amides is 1. The van der Waals surface area contributed by atoms with Crippen LogP contribution in [0, 0.1) is 0 Å². The first-order valence-corrected chi connectivity index (χ1v) is 10.5. The number of halogens is 1. The zero-order valence-electron chi connectivity index (χ0n) is 15.2. The molecule has 0 radical (unpaired) electrons. The van der Waals surface area contributed by atoms with Crippen LogP contribution in [0.1, 0.15) is 11.8 Å². The number of carbonyl (C=O) groups is 1. The molecule has 0 aliphatic carbocycles. The van der Waals surface area contributed by atoms with Crippen molar-refractivity contribution in [2.24, 2.45) is 7.05 Å². The standard InChI is InChI=1S/C18H19ClN4O2S2/c1-4-13-7-11(9-26-13)17-21-22-18(23(17)2)27-10-16(24)20-14-8-12(19)5-6-15(14)25-3/h5-9H,4,10H2,1-3H3,(H,20,24). The highest BCUT2D eigenvalue weighted by Crippen LogP contribution is 2.29. The summed E-state index contributed by atoms with van der Waals surface area (Å²) in [4.78, 5) is 13.6. The third-order valence-electron chi connectivity index (χ3n) is 3.86. The number of nitrogens with one attached hydrogen (secondary N) is 1. The quantitative estimate of drug-likeness (QED) is 0.568. The van der Waals surface area contributed by atoms with Crippen LogP contribution < -0.4 is 10.1 Å². The first-order valence-electron chi connectivity index (χ1n) is 8.25. The summed E-state index contributed by atoms with van der Waals surface area (Å²) in [6, 6.07) is 7.21. The van der Waals surface area contributed by atoms with Crippen molar-refractivity contribution in [1.29, 1.82) is 0 Å². The van der Waals surface area contributed by atoms with Crippen molar-refractivity contribution in [3.63, 3.8) is 0 Å². The van der Waals surface area contributed by atoms with Crippen molar-refractivity contribution < 1.29 is 9.53 Å². The Balaban J connectivity index is 1.65. The van der Waals surface area contributed by atoms with Gasteiger partial charge in [0.2, 0.25) is 5.91 Å². The van der Waals surface area contributed by atoms with E-state index in [-0.39, 0.29) is 11.7 Å². The number of hydrogen-bond acceptors (Lipinski definition) is 6. The van der Waals surface area contributed by atoms with Crippen molar-refractivity contribution in [1.82, 2.24) is 14.8 Å². The summed E-state index contributed by atoms with van der Waals surface area (Å²) in [5.74, 6) is 1.38. The molecule has 3 rings (SSSR count). The Morgan fingerprint density at radius 3 is 2.89 bits per heavy atom. The number of benzene rings is 1. The van der Waals surface area contributed by atoms with E-state index in [1.165, 1.54) is 16.6 Å². The molecule has 142 valence electrons. The molecule has 0 bridgehead atoms. The van der Waals surface area contributed by atoms with Gasteiger partial charge in [0.05, 0.1) is 18.6 Å². The third-order valence-corrected chi connectivity index (χ3v) is 6.20. The number of anilines is 1. The molecule has 2 heterocycles. The topological polar surface area (TPSA) is 69.0 Å². The molecule has 0 spiro atoms. The minimum Gasteiger partial charge on any atom is -0.495 e. The molecule has 0 aliphatic heterocycles. The lowest BCUT2D eigenvalue weighted by Crippen LogP contribution is -2.15. The van der Waals surface area contributed by atoms with Crippen LogP contribution in [0.2, 0.25) is 5.02 Å². The maximum atomic E-state index is 12.3. The summed E-state index contributed by atoms with van der Waals surface area (Å²) in [6.45, 7) is 2.13. The molecule has 3 aromatic rings. The van der Waals surface area contributed by atoms with Crippen LogP contribution in [-0.4, -0.2) is 33.5 Å². The monoisotopic (exact) mass is 422 g/mol. The van der Waals surface area contributed by atoms with Gasteiger partial charge in [0, 0.05) is 27.9 Å². The number of aromatic nitrogens is 3. The van der Waals surface area contributed by atoms with Gasteiger partial charge < -0.3 is 14.6 Å². The predicted octanol–water partition coefficient (Wildman–Crippen LogP) is 4.50. The second-order valence-electron chi connectivity index (χ2n) is 5.70. The summed E-state index contributed by atoms with van der Waals surface area (Å²) in [7, 11) is 3.45. The van der Waals surface area contributed by atoms with Crippen molar-refractivity contribution in [2.75, 3.05) is 18.2 Å². The van der Waals surface area contributed by atoms with Crippen molar-refractivity contribution >= 4 is 46.3 Å². The van der Waals surface area contributed by atoms with Gasteiger partial charge in [-0.15, -0.1) is 21.5 Å². The average Bonchev–Trinajstić information content (AvgIpc) is 3.26. The first-order chi connectivity index (χ1) is 13.0. The average molecular weight is 423 g/mol. The zero-order chi connectivity index (χ0) is 19.4. The number of aryl methyl sites for hydroxylation is 1. The molecule has 1 amide bonds. The molecule has 0 fully saturated rings. The number of methoxy groups -OCH3 is 1. The lowest BCUT2D eigenvalue weighted by atomic mass is 10.2. The second kappa shape index (κ2) is 8.77. The highest BCUT2D eigenvalue weighted by Gasteiger charge is 2.15. The van der Waals surface area contributed by atoms with Crippen molar-refractivity contribution in [3.8, 4) is 17.1 Å². The number of thioether (sulfide) groups is 1. The Bertz CT molecular complexity index is 955. The summed E-state index contributed by atoms with van der Waals surface area (Å²) in [5, 5.41) is 14.6. The summed E-state index contributed by atoms with van der Waals surface area (Å²) < 4.78 is 7.14. The number of hydrogen-bond donors (Lipinski definition) is 1. The Kier molecular flexibility index (Phi) is 6.41. The molecule has 6 nitrogen and oxygen atoms in total. The Morgan fingerprint density at radius 1 is 1.37 bits per heavy atom. The predicted molar refractivity (Wildman–Crippen MR) is 111 cm³/mol. The second-order valence-corrected chi connectivity index (χ2v) is 8.08. The van der Waals surface area contributed by atoms with Crippen molar-refractivity contribution in [3.05, 3.63) is 39.5 Å². The fraction of sp³-hybridized carbons (Fsp3) is 0.278. The van der Waals surface area contributed by atoms with E-state index in [0.29, 0.717) is 21.6 Å². The lowest BCUT2D eigenvalue weighted by molar-refractivity contribution is -0.113. The van der Waals surface area contributed by atoms with E-state index < -0.39 is 0 Å². The number of ether oxygens (including phenoxy) is 1. The largest absolute Gasteiger partial charge is 0.495 e. The summed E-state index contributed by atoms with van der Waals surface area (Å²) >= 11 is 9.03. The zero-order valence-corrected chi connectivity index (χ0v) is 17.5. The highest BCUT2D eigenvalue weighted by atomic mass is 35.5. The molecule has 0 unspecified atom stereocenters. The molecular weight excluding hydrogens is 404 g/mol. The maximum Gasteiger partial charge on any atom is 0.234 e. The number of carbonyl (C=O) groups excluding carboxylic acids is 1. The van der Waals surface area contributed by atoms with E-state index in [9.17, 15) is 4.79 Å². The van der Waals surface area contributed by atoms with Crippen LogP contribution in [-0.2, 0) is 18.3 Å². The van der Waals surface area contributed by atoms with Crippen LogP contribution in [0.3, 0.4) is 0 Å². The normalized spacial score (nSPS) is 10.8. The van der Waals surface area contributed by atoms with Gasteiger partial charge in [0.25, 0.3) is 0 Å². The van der Waals surface area contributed by atoms with Gasteiger partial charge in [-0.2, -0.15) is 0 Å². The molecule has 27 heavy (non-hydrogen) atoms. The van der Waals surface area contributed by atoms with Gasteiger partial charge in [-0.1, -0.05) is 30.3 Å². The SMILES string of the molecule is CCc1cc(-c2nnc(SCC(=O)Nc3cc(Cl)ccc3OC)n2C)cs1. The molecular formula is C18H19ClN4O2S2. The van der Waals surface area contributed by atoms with Gasteiger partial charge in [0.15, 0.2) is 11.0 Å². The Morgan fingerprint density at radius 2 is 2.19 bits per heavy atom. The van der Waals surface area contributed by atoms with Crippen LogP contribution in [0.4, 0.5) is 5.69 Å². The van der Waals surface area contributed by atoms with Gasteiger partial charge in [-0.05, 0) is 30.7 Å². The van der Waals surface area contributed by atoms with Crippen molar-refractivity contribution in [2.45, 2.75) is 18.5 Å². The smallest absolute Gasteiger partial charge is 0.234 e. The van der Waals surface area contributed by atoms with Gasteiger partial charge in [-0.25, -0.2) is 0 Å². The molecule has 0 saturated carbocycles. The van der Waals surface area contributed by atoms with E-state index in [0.717, 1.165) is 17.8 Å². The summed E-state index contributed by atoms with van der Waals surface area (Å²) in [6.07, 6.45) is 0.997. The minimum atomic E-state index is -0.172. The highest BCUT2D eigenvalue weighted by molar-refractivity contribution is 7.99. The third kappa shape index (κ3) is 4.63. The molecule has 0 saturated heterocycles. The lowest BCUT2D eigenvalue weighted by Gasteiger charge is -2.10. The number of rotatable bonds is 7. The maximum absolute atomic E-state index is 12.3. The van der Waals surface area contributed by atoms with Crippen LogP contribution in [0.15, 0.2) is 34.8 Å². The molecule has 1 aromatic carbocycles. The van der Waals surface area contributed by atoms with Crippen LogP contribution in [0.5, 0.6) is 5.75 Å². The number of nitrogens with zero attached hydrogens (tertiary/aromatic N) is 3. The molecule has 1 N–H and O–H groups in total. The first kappa shape index (κ1) is 19.7. The molecule has 0 atom stereocenters. The van der Waals surface area contributed by atoms with Gasteiger partial charge in [0.1, 0.15) is 5.75 Å². The molecule has 2 aromatic heterocycles. The van der Waals surface area contributed by atoms with E-state index in [4.69, 9.17) is 16.3 Å². The van der Waals surface area contributed by atoms with E-state index >= 15 is 0 Å². The number of thiophene rings is 1.